The molecule has 1 atom stereocenters. The first-order valence-electron chi connectivity index (χ1n) is 7.10. The molecule has 6 nitrogen and oxygen atoms in total. The Bertz CT molecular complexity index is 803. The van der Waals surface area contributed by atoms with Crippen molar-refractivity contribution in [2.24, 2.45) is 0 Å². The van der Waals surface area contributed by atoms with Gasteiger partial charge in [-0.15, -0.1) is 0 Å². The SMILES string of the molecule is Cc1cnn(C(C)C)c1N1c2nc(Cl)c(F)cc2C(O)=CC1O. The van der Waals surface area contributed by atoms with Crippen molar-refractivity contribution in [2.45, 2.75) is 33.0 Å². The molecule has 0 saturated heterocycles. The lowest BCUT2D eigenvalue weighted by Gasteiger charge is -2.33. The quantitative estimate of drug-likeness (QED) is 0.822. The van der Waals surface area contributed by atoms with Gasteiger partial charge in [0.1, 0.15) is 17.4 Å². The first kappa shape index (κ1) is 15.8. The van der Waals surface area contributed by atoms with Crippen LogP contribution < -0.4 is 4.90 Å². The number of hydrogen-bond acceptors (Lipinski definition) is 5. The molecule has 1 aliphatic heterocycles. The largest absolute Gasteiger partial charge is 0.507 e. The lowest BCUT2D eigenvalue weighted by molar-refractivity contribution is 0.222. The minimum atomic E-state index is -1.18. The van der Waals surface area contributed by atoms with Crippen molar-refractivity contribution < 1.29 is 14.6 Å². The summed E-state index contributed by atoms with van der Waals surface area (Å²) in [5.41, 5.74) is 0.967. The number of aryl methyl sites for hydroxylation is 1. The Morgan fingerprint density at radius 2 is 2.09 bits per heavy atom. The Hall–Kier alpha value is -2.12. The van der Waals surface area contributed by atoms with Crippen LogP contribution in [-0.2, 0) is 0 Å². The smallest absolute Gasteiger partial charge is 0.167 e. The highest BCUT2D eigenvalue weighted by atomic mass is 35.5. The van der Waals surface area contributed by atoms with Gasteiger partial charge in [0.2, 0.25) is 0 Å². The van der Waals surface area contributed by atoms with E-state index in [-0.39, 0.29) is 28.3 Å². The predicted molar refractivity (Wildman–Crippen MR) is 85.3 cm³/mol. The third kappa shape index (κ3) is 2.46. The Morgan fingerprint density at radius 3 is 2.74 bits per heavy atom. The van der Waals surface area contributed by atoms with Crippen molar-refractivity contribution in [1.82, 2.24) is 14.8 Å². The molecule has 3 heterocycles. The van der Waals surface area contributed by atoms with E-state index in [0.29, 0.717) is 5.82 Å². The maximum absolute atomic E-state index is 13.7. The molecular weight excluding hydrogens is 323 g/mol. The fourth-order valence-corrected chi connectivity index (χ4v) is 2.74. The summed E-state index contributed by atoms with van der Waals surface area (Å²) in [4.78, 5) is 5.48. The molecule has 0 aromatic carbocycles. The van der Waals surface area contributed by atoms with Gasteiger partial charge in [-0.25, -0.2) is 14.1 Å². The molecule has 0 amide bonds. The Kier molecular flexibility index (Phi) is 3.77. The van der Waals surface area contributed by atoms with E-state index >= 15 is 0 Å². The number of aliphatic hydroxyl groups is 2. The van der Waals surface area contributed by atoms with Gasteiger partial charge in [0, 0.05) is 17.7 Å². The van der Waals surface area contributed by atoms with Gasteiger partial charge in [0.15, 0.2) is 17.2 Å². The van der Waals surface area contributed by atoms with Crippen molar-refractivity contribution in [2.75, 3.05) is 4.90 Å². The lowest BCUT2D eigenvalue weighted by Crippen LogP contribution is -2.36. The lowest BCUT2D eigenvalue weighted by atomic mass is 10.1. The van der Waals surface area contributed by atoms with Crippen molar-refractivity contribution in [3.63, 3.8) is 0 Å². The highest BCUT2D eigenvalue weighted by Crippen LogP contribution is 2.39. The molecule has 2 aromatic rings. The maximum Gasteiger partial charge on any atom is 0.167 e. The molecule has 0 bridgehead atoms. The summed E-state index contributed by atoms with van der Waals surface area (Å²) in [5, 5.41) is 24.4. The van der Waals surface area contributed by atoms with E-state index < -0.39 is 12.0 Å². The van der Waals surface area contributed by atoms with Crippen molar-refractivity contribution in [3.8, 4) is 0 Å². The van der Waals surface area contributed by atoms with E-state index in [1.165, 1.54) is 11.0 Å². The third-order valence-electron chi connectivity index (χ3n) is 3.65. The van der Waals surface area contributed by atoms with Crippen LogP contribution in [0.1, 0.15) is 31.0 Å². The van der Waals surface area contributed by atoms with E-state index in [9.17, 15) is 14.6 Å². The van der Waals surface area contributed by atoms with E-state index in [4.69, 9.17) is 11.6 Å². The Labute approximate surface area is 137 Å². The number of rotatable bonds is 2. The van der Waals surface area contributed by atoms with Crippen molar-refractivity contribution >= 4 is 29.0 Å². The number of aromatic nitrogens is 3. The van der Waals surface area contributed by atoms with Crippen LogP contribution in [0.25, 0.3) is 5.76 Å². The first-order valence-corrected chi connectivity index (χ1v) is 7.47. The van der Waals surface area contributed by atoms with Gasteiger partial charge in [-0.3, -0.25) is 4.90 Å². The van der Waals surface area contributed by atoms with Crippen LogP contribution >= 0.6 is 11.6 Å². The zero-order valence-electron chi connectivity index (χ0n) is 12.8. The van der Waals surface area contributed by atoms with Crippen molar-refractivity contribution in [3.05, 3.63) is 40.4 Å². The molecular formula is C15H16ClFN4O2. The molecule has 23 heavy (non-hydrogen) atoms. The van der Waals surface area contributed by atoms with Gasteiger partial charge in [0.05, 0.1) is 11.8 Å². The van der Waals surface area contributed by atoms with Gasteiger partial charge in [0.25, 0.3) is 0 Å². The van der Waals surface area contributed by atoms with E-state index in [0.717, 1.165) is 11.6 Å². The molecule has 122 valence electrons. The van der Waals surface area contributed by atoms with Crippen LogP contribution in [0.4, 0.5) is 16.0 Å². The number of nitrogens with zero attached hydrogens (tertiary/aromatic N) is 4. The molecule has 0 spiro atoms. The molecule has 0 saturated carbocycles. The maximum atomic E-state index is 13.7. The fourth-order valence-electron chi connectivity index (χ4n) is 2.61. The predicted octanol–water partition coefficient (Wildman–Crippen LogP) is 3.33. The van der Waals surface area contributed by atoms with Gasteiger partial charge in [-0.05, 0) is 26.8 Å². The van der Waals surface area contributed by atoms with Gasteiger partial charge in [-0.2, -0.15) is 5.10 Å². The van der Waals surface area contributed by atoms with Crippen LogP contribution in [0.5, 0.6) is 0 Å². The van der Waals surface area contributed by atoms with Crippen LogP contribution in [0.2, 0.25) is 5.15 Å². The number of hydrogen-bond donors (Lipinski definition) is 2. The fraction of sp³-hybridized carbons (Fsp3) is 0.333. The number of aliphatic hydroxyl groups excluding tert-OH is 2. The number of pyridine rings is 1. The minimum Gasteiger partial charge on any atom is -0.507 e. The number of anilines is 2. The Morgan fingerprint density at radius 1 is 1.39 bits per heavy atom. The normalized spacial score (nSPS) is 17.4. The van der Waals surface area contributed by atoms with Crippen LogP contribution in [-0.4, -0.2) is 31.2 Å². The molecule has 0 radical (unpaired) electrons. The van der Waals surface area contributed by atoms with Crippen LogP contribution in [0, 0.1) is 12.7 Å². The average Bonchev–Trinajstić information content (AvgIpc) is 2.84. The second-order valence-electron chi connectivity index (χ2n) is 5.66. The highest BCUT2D eigenvalue weighted by molar-refractivity contribution is 6.29. The van der Waals surface area contributed by atoms with Gasteiger partial charge in [-0.1, -0.05) is 11.6 Å². The molecule has 1 aliphatic rings. The Balaban J connectivity index is 2.26. The molecule has 0 fully saturated rings. The molecule has 2 N–H and O–H groups in total. The third-order valence-corrected chi connectivity index (χ3v) is 3.92. The standard InChI is InChI=1S/C15H16ClFN4O2/c1-7(2)21-15(8(3)6-18-21)20-12(23)5-11(22)9-4-10(17)13(16)19-14(9)20/h4-7,12,22-23H,1-3H3. The zero-order chi connectivity index (χ0) is 16.9. The topological polar surface area (TPSA) is 74.4 Å². The van der Waals surface area contributed by atoms with E-state index in [2.05, 4.69) is 10.1 Å². The minimum absolute atomic E-state index is 0.0322. The summed E-state index contributed by atoms with van der Waals surface area (Å²) in [6.07, 6.45) is 1.71. The van der Waals surface area contributed by atoms with E-state index in [1.54, 1.807) is 10.9 Å². The average molecular weight is 339 g/mol. The number of fused-ring (bicyclic) bond motifs is 1. The summed E-state index contributed by atoms with van der Waals surface area (Å²) in [6, 6.07) is 1.13. The molecule has 2 aromatic heterocycles. The molecule has 8 heteroatoms. The zero-order valence-corrected chi connectivity index (χ0v) is 13.6. The first-order chi connectivity index (χ1) is 10.8. The summed E-state index contributed by atoms with van der Waals surface area (Å²) < 4.78 is 15.4. The monoisotopic (exact) mass is 338 g/mol. The van der Waals surface area contributed by atoms with Crippen LogP contribution in [0.3, 0.4) is 0 Å². The van der Waals surface area contributed by atoms with Gasteiger partial charge >= 0.3 is 0 Å². The summed E-state index contributed by atoms with van der Waals surface area (Å²) >= 11 is 5.79. The van der Waals surface area contributed by atoms with Crippen molar-refractivity contribution in [1.29, 1.82) is 0 Å². The van der Waals surface area contributed by atoms with E-state index in [1.807, 2.05) is 20.8 Å². The summed E-state index contributed by atoms with van der Waals surface area (Å²) in [5.74, 6) is -0.210. The molecule has 0 aliphatic carbocycles. The number of halogens is 2. The second kappa shape index (κ2) is 5.50. The second-order valence-corrected chi connectivity index (χ2v) is 6.02. The summed E-state index contributed by atoms with van der Waals surface area (Å²) in [6.45, 7) is 5.74. The van der Waals surface area contributed by atoms with Gasteiger partial charge < -0.3 is 10.2 Å². The molecule has 3 rings (SSSR count). The molecule has 1 unspecified atom stereocenters. The summed E-state index contributed by atoms with van der Waals surface area (Å²) in [7, 11) is 0. The van der Waals surface area contributed by atoms with Crippen LogP contribution in [0.15, 0.2) is 18.3 Å². The highest BCUT2D eigenvalue weighted by Gasteiger charge is 2.32.